The van der Waals surface area contributed by atoms with Crippen molar-refractivity contribution in [1.82, 2.24) is 4.72 Å². The van der Waals surface area contributed by atoms with Crippen LogP contribution in [0.25, 0.3) is 0 Å². The summed E-state index contributed by atoms with van der Waals surface area (Å²) in [6.45, 7) is 2.12. The van der Waals surface area contributed by atoms with E-state index < -0.39 is 10.0 Å². The first-order valence-electron chi connectivity index (χ1n) is 6.26. The monoisotopic (exact) mass is 301 g/mol. The number of anilines is 2. The van der Waals surface area contributed by atoms with Crippen LogP contribution in [0, 0.1) is 0 Å². The van der Waals surface area contributed by atoms with E-state index in [1.165, 1.54) is 6.07 Å². The largest absolute Gasteiger partial charge is 0.397 e. The summed E-state index contributed by atoms with van der Waals surface area (Å²) in [6.07, 6.45) is 1.08. The van der Waals surface area contributed by atoms with Gasteiger partial charge in [-0.2, -0.15) is 11.8 Å². The Labute approximate surface area is 118 Å². The van der Waals surface area contributed by atoms with Gasteiger partial charge < -0.3 is 11.1 Å². The number of sulfonamides is 1. The molecule has 1 unspecified atom stereocenters. The third-order valence-electron chi connectivity index (χ3n) is 2.96. The molecule has 0 spiro atoms. The summed E-state index contributed by atoms with van der Waals surface area (Å²) in [7, 11) is -3.43. The number of rotatable bonds is 5. The zero-order chi connectivity index (χ0) is 13.9. The molecule has 2 rings (SSSR count). The highest BCUT2D eigenvalue weighted by atomic mass is 32.2. The highest BCUT2D eigenvalue weighted by Gasteiger charge is 2.18. The molecule has 1 aromatic rings. The van der Waals surface area contributed by atoms with Gasteiger partial charge in [-0.15, -0.1) is 0 Å². The fourth-order valence-electron chi connectivity index (χ4n) is 1.97. The second-order valence-corrected chi connectivity index (χ2v) is 7.37. The lowest BCUT2D eigenvalue weighted by Crippen LogP contribution is -2.24. The third kappa shape index (κ3) is 3.55. The van der Waals surface area contributed by atoms with Crippen LogP contribution in [0.5, 0.6) is 0 Å². The molecular weight excluding hydrogens is 282 g/mol. The normalized spacial score (nSPS) is 19.5. The number of nitrogens with two attached hydrogens (primary N) is 1. The highest BCUT2D eigenvalue weighted by molar-refractivity contribution is 7.99. The van der Waals surface area contributed by atoms with Crippen molar-refractivity contribution in [3.63, 3.8) is 0 Å². The quantitative estimate of drug-likeness (QED) is 0.718. The lowest BCUT2D eigenvalue weighted by Gasteiger charge is -2.16. The predicted molar refractivity (Wildman–Crippen MR) is 81.1 cm³/mol. The molecule has 0 amide bonds. The van der Waals surface area contributed by atoms with Crippen LogP contribution >= 0.6 is 11.8 Å². The molecule has 106 valence electrons. The first kappa shape index (κ1) is 14.5. The lowest BCUT2D eigenvalue weighted by molar-refractivity contribution is 0.584. The first-order valence-corrected chi connectivity index (χ1v) is 8.90. The summed E-state index contributed by atoms with van der Waals surface area (Å²) < 4.78 is 26.4. The Balaban J connectivity index is 2.23. The van der Waals surface area contributed by atoms with E-state index in [1.54, 1.807) is 19.1 Å². The standard InChI is InChI=1S/C12H19N3O2S2/c1-2-14-19(16,17)10-3-4-11(13)12(7-10)15-9-5-6-18-8-9/h3-4,7,9,14-15H,2,5-6,8,13H2,1H3. The maximum atomic E-state index is 11.9. The van der Waals surface area contributed by atoms with E-state index >= 15 is 0 Å². The van der Waals surface area contributed by atoms with E-state index in [4.69, 9.17) is 5.73 Å². The van der Waals surface area contributed by atoms with Crippen molar-refractivity contribution in [2.75, 3.05) is 29.1 Å². The van der Waals surface area contributed by atoms with Crippen LogP contribution in [-0.4, -0.2) is 32.5 Å². The van der Waals surface area contributed by atoms with Crippen LogP contribution in [0.15, 0.2) is 23.1 Å². The van der Waals surface area contributed by atoms with Crippen molar-refractivity contribution >= 4 is 33.2 Å². The van der Waals surface area contributed by atoms with Gasteiger partial charge in [0.1, 0.15) is 0 Å². The molecule has 0 aromatic heterocycles. The molecule has 0 saturated carbocycles. The molecule has 1 heterocycles. The summed E-state index contributed by atoms with van der Waals surface area (Å²) in [5, 5.41) is 3.33. The Morgan fingerprint density at radius 1 is 1.47 bits per heavy atom. The smallest absolute Gasteiger partial charge is 0.240 e. The van der Waals surface area contributed by atoms with Crippen molar-refractivity contribution in [2.24, 2.45) is 0 Å². The minimum atomic E-state index is -3.43. The molecule has 0 radical (unpaired) electrons. The van der Waals surface area contributed by atoms with Crippen molar-refractivity contribution in [3.05, 3.63) is 18.2 Å². The minimum Gasteiger partial charge on any atom is -0.397 e. The Bertz CT molecular complexity index is 540. The summed E-state index contributed by atoms with van der Waals surface area (Å²) in [6, 6.07) is 5.14. The molecule has 1 aliphatic heterocycles. The van der Waals surface area contributed by atoms with Crippen molar-refractivity contribution in [3.8, 4) is 0 Å². The first-order chi connectivity index (χ1) is 9.03. The zero-order valence-electron chi connectivity index (χ0n) is 10.8. The van der Waals surface area contributed by atoms with E-state index in [2.05, 4.69) is 10.0 Å². The summed E-state index contributed by atoms with van der Waals surface area (Å²) >= 11 is 1.89. The van der Waals surface area contributed by atoms with Crippen molar-refractivity contribution < 1.29 is 8.42 Å². The average Bonchev–Trinajstić information content (AvgIpc) is 2.84. The van der Waals surface area contributed by atoms with Crippen LogP contribution in [0.2, 0.25) is 0 Å². The number of thioether (sulfide) groups is 1. The molecule has 1 saturated heterocycles. The molecule has 1 atom stereocenters. The highest BCUT2D eigenvalue weighted by Crippen LogP contribution is 2.27. The average molecular weight is 301 g/mol. The summed E-state index contributed by atoms with van der Waals surface area (Å²) in [5.74, 6) is 2.16. The summed E-state index contributed by atoms with van der Waals surface area (Å²) in [5.41, 5.74) is 7.18. The number of benzene rings is 1. The molecule has 0 aliphatic carbocycles. The molecule has 1 fully saturated rings. The topological polar surface area (TPSA) is 84.2 Å². The second kappa shape index (κ2) is 6.02. The van der Waals surface area contributed by atoms with E-state index in [0.29, 0.717) is 24.0 Å². The van der Waals surface area contributed by atoms with Crippen LogP contribution in [0.1, 0.15) is 13.3 Å². The van der Waals surface area contributed by atoms with Gasteiger partial charge in [0.2, 0.25) is 10.0 Å². The van der Waals surface area contributed by atoms with Gasteiger partial charge in [0, 0.05) is 18.3 Å². The van der Waals surface area contributed by atoms with Gasteiger partial charge in [0.25, 0.3) is 0 Å². The Kier molecular flexibility index (Phi) is 4.59. The van der Waals surface area contributed by atoms with Gasteiger partial charge in [-0.1, -0.05) is 6.92 Å². The van der Waals surface area contributed by atoms with Crippen LogP contribution in [-0.2, 0) is 10.0 Å². The molecule has 19 heavy (non-hydrogen) atoms. The number of hydrogen-bond donors (Lipinski definition) is 3. The number of nitrogens with one attached hydrogen (secondary N) is 2. The molecule has 1 aromatic carbocycles. The molecule has 5 nitrogen and oxygen atoms in total. The van der Waals surface area contributed by atoms with E-state index in [1.807, 2.05) is 11.8 Å². The SMILES string of the molecule is CCNS(=O)(=O)c1ccc(N)c(NC2CCSC2)c1. The van der Waals surface area contributed by atoms with Gasteiger partial charge >= 0.3 is 0 Å². The molecule has 1 aliphatic rings. The van der Waals surface area contributed by atoms with Gasteiger partial charge in [-0.3, -0.25) is 0 Å². The zero-order valence-corrected chi connectivity index (χ0v) is 12.5. The van der Waals surface area contributed by atoms with Gasteiger partial charge in [-0.25, -0.2) is 13.1 Å². The number of hydrogen-bond acceptors (Lipinski definition) is 5. The predicted octanol–water partition coefficient (Wildman–Crippen LogP) is 1.48. The Morgan fingerprint density at radius 2 is 2.26 bits per heavy atom. The van der Waals surface area contributed by atoms with Crippen LogP contribution < -0.4 is 15.8 Å². The lowest BCUT2D eigenvalue weighted by atomic mass is 10.2. The Morgan fingerprint density at radius 3 is 2.89 bits per heavy atom. The maximum absolute atomic E-state index is 11.9. The fraction of sp³-hybridized carbons (Fsp3) is 0.500. The van der Waals surface area contributed by atoms with Gasteiger partial charge in [0.05, 0.1) is 16.3 Å². The molecule has 4 N–H and O–H groups in total. The van der Waals surface area contributed by atoms with Crippen molar-refractivity contribution in [2.45, 2.75) is 24.3 Å². The van der Waals surface area contributed by atoms with E-state index in [-0.39, 0.29) is 4.90 Å². The molecule has 0 bridgehead atoms. The van der Waals surface area contributed by atoms with Crippen molar-refractivity contribution in [1.29, 1.82) is 0 Å². The molecule has 7 heteroatoms. The summed E-state index contributed by atoms with van der Waals surface area (Å²) in [4.78, 5) is 0.247. The van der Waals surface area contributed by atoms with Crippen LogP contribution in [0.4, 0.5) is 11.4 Å². The molecular formula is C12H19N3O2S2. The second-order valence-electron chi connectivity index (χ2n) is 4.46. The maximum Gasteiger partial charge on any atom is 0.240 e. The number of nitrogen functional groups attached to an aromatic ring is 1. The third-order valence-corrected chi connectivity index (χ3v) is 5.66. The van der Waals surface area contributed by atoms with E-state index in [0.717, 1.165) is 17.9 Å². The minimum absolute atomic E-state index is 0.247. The van der Waals surface area contributed by atoms with Gasteiger partial charge in [-0.05, 0) is 30.4 Å². The van der Waals surface area contributed by atoms with Crippen LogP contribution in [0.3, 0.4) is 0 Å². The van der Waals surface area contributed by atoms with Gasteiger partial charge in [0.15, 0.2) is 0 Å². The van der Waals surface area contributed by atoms with E-state index in [9.17, 15) is 8.42 Å². The fourth-order valence-corrected chi connectivity index (χ4v) is 4.19. The Hall–Kier alpha value is -0.920.